The third-order valence-corrected chi connectivity index (χ3v) is 4.28. The number of rotatable bonds is 4. The standard InChI is InChI=1S/C13H11Cl2NO3S/c1-19-13-5-3-2-4-12(13)16-20(17,18)11-7-9(14)6-10(15)8-11/h2-8,16H,1H3. The Morgan fingerprint density at radius 2 is 1.65 bits per heavy atom. The number of sulfonamides is 1. The van der Waals surface area contributed by atoms with Gasteiger partial charge in [0.05, 0.1) is 17.7 Å². The minimum Gasteiger partial charge on any atom is -0.495 e. The first-order valence-electron chi connectivity index (χ1n) is 5.54. The van der Waals surface area contributed by atoms with Crippen molar-refractivity contribution in [1.29, 1.82) is 0 Å². The zero-order valence-electron chi connectivity index (χ0n) is 10.4. The van der Waals surface area contributed by atoms with Crippen LogP contribution in [0.3, 0.4) is 0 Å². The Labute approximate surface area is 127 Å². The minimum absolute atomic E-state index is 0.0130. The van der Waals surface area contributed by atoms with Gasteiger partial charge in [0.15, 0.2) is 0 Å². The van der Waals surface area contributed by atoms with E-state index in [2.05, 4.69) is 4.72 Å². The predicted octanol–water partition coefficient (Wildman–Crippen LogP) is 3.80. The van der Waals surface area contributed by atoms with Crippen LogP contribution < -0.4 is 9.46 Å². The quantitative estimate of drug-likeness (QED) is 0.926. The molecule has 0 aliphatic heterocycles. The fraction of sp³-hybridized carbons (Fsp3) is 0.0769. The Kier molecular flexibility index (Phi) is 4.42. The molecular weight excluding hydrogens is 321 g/mol. The molecule has 0 atom stereocenters. The zero-order valence-corrected chi connectivity index (χ0v) is 12.8. The molecule has 2 aromatic rings. The lowest BCUT2D eigenvalue weighted by molar-refractivity contribution is 0.417. The van der Waals surface area contributed by atoms with Crippen LogP contribution in [-0.4, -0.2) is 15.5 Å². The van der Waals surface area contributed by atoms with Crippen molar-refractivity contribution in [1.82, 2.24) is 0 Å². The number of para-hydroxylation sites is 2. The number of nitrogens with one attached hydrogen (secondary N) is 1. The first kappa shape index (κ1) is 15.0. The molecule has 0 bridgehead atoms. The highest BCUT2D eigenvalue weighted by atomic mass is 35.5. The maximum atomic E-state index is 12.3. The second-order valence-electron chi connectivity index (χ2n) is 3.91. The maximum Gasteiger partial charge on any atom is 0.262 e. The van der Waals surface area contributed by atoms with Gasteiger partial charge in [-0.05, 0) is 30.3 Å². The number of benzene rings is 2. The average molecular weight is 332 g/mol. The third kappa shape index (κ3) is 3.36. The van der Waals surface area contributed by atoms with Gasteiger partial charge in [0.2, 0.25) is 0 Å². The van der Waals surface area contributed by atoms with Gasteiger partial charge in [0.1, 0.15) is 5.75 Å². The molecule has 2 aromatic carbocycles. The Morgan fingerprint density at radius 1 is 1.05 bits per heavy atom. The first-order chi connectivity index (χ1) is 9.42. The van der Waals surface area contributed by atoms with Crippen LogP contribution in [0.15, 0.2) is 47.4 Å². The van der Waals surface area contributed by atoms with Gasteiger partial charge in [-0.2, -0.15) is 0 Å². The van der Waals surface area contributed by atoms with Crippen molar-refractivity contribution in [3.63, 3.8) is 0 Å². The predicted molar refractivity (Wildman–Crippen MR) is 80.3 cm³/mol. The van der Waals surface area contributed by atoms with Gasteiger partial charge in [-0.25, -0.2) is 8.42 Å². The van der Waals surface area contributed by atoms with E-state index in [0.29, 0.717) is 11.4 Å². The molecular formula is C13H11Cl2NO3S. The molecule has 2 rings (SSSR count). The van der Waals surface area contributed by atoms with Crippen LogP contribution in [0.1, 0.15) is 0 Å². The molecule has 0 aromatic heterocycles. The van der Waals surface area contributed by atoms with Crippen molar-refractivity contribution >= 4 is 38.9 Å². The van der Waals surface area contributed by atoms with Crippen molar-refractivity contribution in [3.05, 3.63) is 52.5 Å². The molecule has 0 radical (unpaired) electrons. The van der Waals surface area contributed by atoms with Crippen LogP contribution >= 0.6 is 23.2 Å². The number of halogens is 2. The monoisotopic (exact) mass is 331 g/mol. The first-order valence-corrected chi connectivity index (χ1v) is 7.78. The van der Waals surface area contributed by atoms with Gasteiger partial charge in [-0.15, -0.1) is 0 Å². The van der Waals surface area contributed by atoms with Crippen LogP contribution in [0, 0.1) is 0 Å². The summed E-state index contributed by atoms with van der Waals surface area (Å²) in [5.41, 5.74) is 0.339. The molecule has 0 amide bonds. The van der Waals surface area contributed by atoms with Crippen LogP contribution in [0.5, 0.6) is 5.75 Å². The molecule has 0 spiro atoms. The Balaban J connectivity index is 2.41. The molecule has 0 aliphatic carbocycles. The third-order valence-electron chi connectivity index (χ3n) is 2.50. The van der Waals surface area contributed by atoms with Crippen molar-refractivity contribution < 1.29 is 13.2 Å². The van der Waals surface area contributed by atoms with E-state index in [4.69, 9.17) is 27.9 Å². The van der Waals surface area contributed by atoms with E-state index in [1.165, 1.54) is 25.3 Å². The molecule has 0 heterocycles. The summed E-state index contributed by atoms with van der Waals surface area (Å²) in [6.07, 6.45) is 0. The summed E-state index contributed by atoms with van der Waals surface area (Å²) < 4.78 is 32.1. The van der Waals surface area contributed by atoms with E-state index in [1.54, 1.807) is 24.3 Å². The van der Waals surface area contributed by atoms with Crippen molar-refractivity contribution in [3.8, 4) is 5.75 Å². The molecule has 0 unspecified atom stereocenters. The van der Waals surface area contributed by atoms with E-state index >= 15 is 0 Å². The summed E-state index contributed by atoms with van der Waals surface area (Å²) in [6.45, 7) is 0. The maximum absolute atomic E-state index is 12.3. The molecule has 0 saturated heterocycles. The smallest absolute Gasteiger partial charge is 0.262 e. The molecule has 7 heteroatoms. The van der Waals surface area contributed by atoms with E-state index in [-0.39, 0.29) is 14.9 Å². The van der Waals surface area contributed by atoms with Crippen LogP contribution in [0.2, 0.25) is 10.0 Å². The molecule has 0 fully saturated rings. The lowest BCUT2D eigenvalue weighted by Crippen LogP contribution is -2.13. The van der Waals surface area contributed by atoms with Gasteiger partial charge in [-0.1, -0.05) is 35.3 Å². The number of methoxy groups -OCH3 is 1. The molecule has 0 saturated carbocycles. The SMILES string of the molecule is COc1ccccc1NS(=O)(=O)c1cc(Cl)cc(Cl)c1. The van der Waals surface area contributed by atoms with Gasteiger partial charge >= 0.3 is 0 Å². The fourth-order valence-corrected chi connectivity index (χ4v) is 3.41. The lowest BCUT2D eigenvalue weighted by atomic mass is 10.3. The summed E-state index contributed by atoms with van der Waals surface area (Å²) in [4.78, 5) is -0.0130. The molecule has 4 nitrogen and oxygen atoms in total. The summed E-state index contributed by atoms with van der Waals surface area (Å²) in [5, 5.41) is 0.496. The van der Waals surface area contributed by atoms with Gasteiger partial charge < -0.3 is 4.74 Å². The molecule has 106 valence electrons. The van der Waals surface area contributed by atoms with Crippen molar-refractivity contribution in [2.24, 2.45) is 0 Å². The average Bonchev–Trinajstić information content (AvgIpc) is 2.38. The second-order valence-corrected chi connectivity index (χ2v) is 6.47. The summed E-state index contributed by atoms with van der Waals surface area (Å²) in [6, 6.07) is 10.8. The van der Waals surface area contributed by atoms with E-state index < -0.39 is 10.0 Å². The number of anilines is 1. The van der Waals surface area contributed by atoms with Crippen LogP contribution in [-0.2, 0) is 10.0 Å². The van der Waals surface area contributed by atoms with E-state index in [9.17, 15) is 8.42 Å². The minimum atomic E-state index is -3.79. The summed E-state index contributed by atoms with van der Waals surface area (Å²) in [7, 11) is -2.33. The van der Waals surface area contributed by atoms with Crippen LogP contribution in [0.4, 0.5) is 5.69 Å². The van der Waals surface area contributed by atoms with Gasteiger partial charge in [0, 0.05) is 10.0 Å². The summed E-state index contributed by atoms with van der Waals surface area (Å²) >= 11 is 11.6. The van der Waals surface area contributed by atoms with E-state index in [1.807, 2.05) is 0 Å². The fourth-order valence-electron chi connectivity index (χ4n) is 1.62. The Morgan fingerprint density at radius 3 is 2.25 bits per heavy atom. The van der Waals surface area contributed by atoms with Crippen molar-refractivity contribution in [2.75, 3.05) is 11.8 Å². The molecule has 20 heavy (non-hydrogen) atoms. The summed E-state index contributed by atoms with van der Waals surface area (Å²) in [5.74, 6) is 0.421. The number of hydrogen-bond acceptors (Lipinski definition) is 3. The largest absolute Gasteiger partial charge is 0.495 e. The van der Waals surface area contributed by atoms with Gasteiger partial charge in [0.25, 0.3) is 10.0 Å². The van der Waals surface area contributed by atoms with E-state index in [0.717, 1.165) is 0 Å². The zero-order chi connectivity index (χ0) is 14.8. The van der Waals surface area contributed by atoms with Crippen LogP contribution in [0.25, 0.3) is 0 Å². The lowest BCUT2D eigenvalue weighted by Gasteiger charge is -2.12. The molecule has 1 N–H and O–H groups in total. The van der Waals surface area contributed by atoms with Crippen molar-refractivity contribution in [2.45, 2.75) is 4.90 Å². The highest BCUT2D eigenvalue weighted by Gasteiger charge is 2.17. The number of ether oxygens (including phenoxy) is 1. The normalized spacial score (nSPS) is 11.2. The second kappa shape index (κ2) is 5.91. The Hall–Kier alpha value is -1.43. The highest BCUT2D eigenvalue weighted by molar-refractivity contribution is 7.92. The number of hydrogen-bond donors (Lipinski definition) is 1. The topological polar surface area (TPSA) is 55.4 Å². The Bertz CT molecular complexity index is 712. The van der Waals surface area contributed by atoms with Gasteiger partial charge in [-0.3, -0.25) is 4.72 Å². The molecule has 0 aliphatic rings. The highest BCUT2D eigenvalue weighted by Crippen LogP contribution is 2.28.